The largest absolute Gasteiger partial charge is 0.303 e. The monoisotopic (exact) mass is 237 g/mol. The van der Waals surface area contributed by atoms with E-state index >= 15 is 0 Å². The first-order chi connectivity index (χ1) is 7.74. The van der Waals surface area contributed by atoms with Gasteiger partial charge in [-0.15, -0.1) is 0 Å². The van der Waals surface area contributed by atoms with Crippen LogP contribution in [0.1, 0.15) is 26.2 Å². The van der Waals surface area contributed by atoms with Gasteiger partial charge in [-0.05, 0) is 36.7 Å². The molecule has 0 N–H and O–H groups in total. The van der Waals surface area contributed by atoms with Crippen LogP contribution in [0.3, 0.4) is 0 Å². The number of benzene rings is 1. The van der Waals surface area contributed by atoms with Crippen molar-refractivity contribution in [2.45, 2.75) is 31.1 Å². The minimum Gasteiger partial charge on any atom is -0.258 e. The van der Waals surface area contributed by atoms with Crippen molar-refractivity contribution in [1.82, 2.24) is 0 Å². The van der Waals surface area contributed by atoms with Gasteiger partial charge in [-0.25, -0.2) is 0 Å². The van der Waals surface area contributed by atoms with Gasteiger partial charge in [0, 0.05) is 11.0 Å². The topological polar surface area (TPSA) is 43.1 Å². The summed E-state index contributed by atoms with van der Waals surface area (Å²) in [4.78, 5) is 11.4. The molecule has 0 amide bonds. The molecule has 0 spiro atoms. The van der Waals surface area contributed by atoms with Crippen LogP contribution >= 0.6 is 11.8 Å². The van der Waals surface area contributed by atoms with Crippen molar-refractivity contribution >= 4 is 11.8 Å². The summed E-state index contributed by atoms with van der Waals surface area (Å²) >= 11 is 1.21. The van der Waals surface area contributed by atoms with Gasteiger partial charge in [0.2, 0.25) is 0 Å². The van der Waals surface area contributed by atoms with Gasteiger partial charge in [0.25, 0.3) is 0 Å². The minimum absolute atomic E-state index is 0.222. The van der Waals surface area contributed by atoms with Gasteiger partial charge in [0.1, 0.15) is 0 Å². The van der Waals surface area contributed by atoms with E-state index in [1.54, 1.807) is 6.08 Å². The highest BCUT2D eigenvalue weighted by Crippen LogP contribution is 2.26. The molecule has 3 nitrogen and oxygen atoms in total. The SMILES string of the molecule is CCCC/C=C(\Sc1ccccc1)[N+](=O)[O-]. The Bertz CT molecular complexity index is 363. The Kier molecular flexibility index (Phi) is 5.64. The highest BCUT2D eigenvalue weighted by atomic mass is 32.2. The van der Waals surface area contributed by atoms with E-state index in [2.05, 4.69) is 6.92 Å². The standard InChI is InChI=1S/C12H15NO2S/c1-2-3-5-10-12(13(14)15)16-11-8-6-4-7-9-11/h4,6-10H,2-3,5H2,1H3/b12-10-. The summed E-state index contributed by atoms with van der Waals surface area (Å²) in [5.74, 6) is 0. The summed E-state index contributed by atoms with van der Waals surface area (Å²) in [5.41, 5.74) is 0. The Morgan fingerprint density at radius 3 is 2.69 bits per heavy atom. The number of hydrogen-bond donors (Lipinski definition) is 0. The van der Waals surface area contributed by atoms with Gasteiger partial charge in [-0.3, -0.25) is 10.1 Å². The smallest absolute Gasteiger partial charge is 0.258 e. The van der Waals surface area contributed by atoms with Crippen LogP contribution in [0.5, 0.6) is 0 Å². The third-order valence-corrected chi connectivity index (χ3v) is 3.05. The van der Waals surface area contributed by atoms with E-state index in [0.717, 1.165) is 24.2 Å². The first-order valence-electron chi connectivity index (χ1n) is 5.31. The quantitative estimate of drug-likeness (QED) is 0.324. The molecule has 0 saturated heterocycles. The van der Waals surface area contributed by atoms with Crippen LogP contribution in [0.4, 0.5) is 0 Å². The fourth-order valence-electron chi connectivity index (χ4n) is 1.19. The van der Waals surface area contributed by atoms with Gasteiger partial charge < -0.3 is 0 Å². The Morgan fingerprint density at radius 1 is 1.44 bits per heavy atom. The van der Waals surface area contributed by atoms with Crippen LogP contribution in [-0.2, 0) is 0 Å². The van der Waals surface area contributed by atoms with E-state index in [1.807, 2.05) is 30.3 Å². The molecular weight excluding hydrogens is 222 g/mol. The molecule has 0 aliphatic carbocycles. The second-order valence-electron chi connectivity index (χ2n) is 3.36. The van der Waals surface area contributed by atoms with E-state index in [4.69, 9.17) is 0 Å². The lowest BCUT2D eigenvalue weighted by Crippen LogP contribution is -1.94. The minimum atomic E-state index is -0.312. The Hall–Kier alpha value is -1.29. The first-order valence-corrected chi connectivity index (χ1v) is 6.13. The average molecular weight is 237 g/mol. The fourth-order valence-corrected chi connectivity index (χ4v) is 2.00. The number of nitrogens with zero attached hydrogens (tertiary/aromatic N) is 1. The molecule has 16 heavy (non-hydrogen) atoms. The average Bonchev–Trinajstić information content (AvgIpc) is 2.29. The van der Waals surface area contributed by atoms with E-state index in [-0.39, 0.29) is 9.95 Å². The molecule has 86 valence electrons. The van der Waals surface area contributed by atoms with Gasteiger partial charge >= 0.3 is 5.03 Å². The summed E-state index contributed by atoms with van der Waals surface area (Å²) in [5, 5.41) is 11.0. The molecule has 0 aliphatic heterocycles. The second kappa shape index (κ2) is 7.06. The van der Waals surface area contributed by atoms with Crippen molar-refractivity contribution in [2.24, 2.45) is 0 Å². The lowest BCUT2D eigenvalue weighted by molar-refractivity contribution is -0.410. The highest BCUT2D eigenvalue weighted by molar-refractivity contribution is 8.02. The molecule has 1 aromatic carbocycles. The third kappa shape index (κ3) is 4.49. The zero-order valence-corrected chi connectivity index (χ0v) is 10.1. The summed E-state index contributed by atoms with van der Waals surface area (Å²) in [6.45, 7) is 2.07. The third-order valence-electron chi connectivity index (χ3n) is 2.02. The Labute approximate surface area is 99.7 Å². The molecule has 0 saturated carbocycles. The summed E-state index contributed by atoms with van der Waals surface area (Å²) in [7, 11) is 0. The van der Waals surface area contributed by atoms with Crippen LogP contribution in [0.2, 0.25) is 0 Å². The molecule has 0 atom stereocenters. The number of rotatable bonds is 6. The Morgan fingerprint density at radius 2 is 2.12 bits per heavy atom. The van der Waals surface area contributed by atoms with Crippen molar-refractivity contribution < 1.29 is 4.92 Å². The second-order valence-corrected chi connectivity index (χ2v) is 4.45. The van der Waals surface area contributed by atoms with Gasteiger partial charge in [-0.1, -0.05) is 31.5 Å². The maximum absolute atomic E-state index is 10.8. The van der Waals surface area contributed by atoms with E-state index in [1.165, 1.54) is 11.8 Å². The van der Waals surface area contributed by atoms with Crippen molar-refractivity contribution in [1.29, 1.82) is 0 Å². The predicted octanol–water partition coefficient (Wildman–Crippen LogP) is 4.09. The lowest BCUT2D eigenvalue weighted by Gasteiger charge is -1.98. The van der Waals surface area contributed by atoms with Crippen molar-refractivity contribution in [3.05, 3.63) is 51.6 Å². The normalized spacial score (nSPS) is 11.4. The molecule has 0 aromatic heterocycles. The first kappa shape index (κ1) is 12.8. The highest BCUT2D eigenvalue weighted by Gasteiger charge is 2.11. The summed E-state index contributed by atoms with van der Waals surface area (Å²) < 4.78 is 0. The molecule has 1 aromatic rings. The van der Waals surface area contributed by atoms with E-state index in [9.17, 15) is 10.1 Å². The van der Waals surface area contributed by atoms with Gasteiger partial charge in [0.05, 0.1) is 4.92 Å². The number of unbranched alkanes of at least 4 members (excludes halogenated alkanes) is 2. The molecule has 0 heterocycles. The van der Waals surface area contributed by atoms with Crippen molar-refractivity contribution in [3.63, 3.8) is 0 Å². The van der Waals surface area contributed by atoms with Crippen molar-refractivity contribution in [2.75, 3.05) is 0 Å². The van der Waals surface area contributed by atoms with Crippen LogP contribution in [0, 0.1) is 10.1 Å². The molecule has 1 rings (SSSR count). The van der Waals surface area contributed by atoms with Crippen LogP contribution in [0.15, 0.2) is 46.3 Å². The van der Waals surface area contributed by atoms with Crippen LogP contribution in [-0.4, -0.2) is 4.92 Å². The summed E-state index contributed by atoms with van der Waals surface area (Å²) in [6, 6.07) is 9.41. The molecule has 4 heteroatoms. The number of hydrogen-bond acceptors (Lipinski definition) is 3. The van der Waals surface area contributed by atoms with Crippen LogP contribution < -0.4 is 0 Å². The molecule has 0 fully saturated rings. The number of allylic oxidation sites excluding steroid dienone is 1. The van der Waals surface area contributed by atoms with Gasteiger partial charge in [-0.2, -0.15) is 0 Å². The maximum Gasteiger partial charge on any atom is 0.303 e. The number of thioether (sulfide) groups is 1. The lowest BCUT2D eigenvalue weighted by atomic mass is 10.2. The maximum atomic E-state index is 10.8. The molecule has 0 aliphatic rings. The Balaban J connectivity index is 2.65. The molecule has 0 unspecified atom stereocenters. The van der Waals surface area contributed by atoms with E-state index < -0.39 is 0 Å². The summed E-state index contributed by atoms with van der Waals surface area (Å²) in [6.07, 6.45) is 4.53. The van der Waals surface area contributed by atoms with Crippen LogP contribution in [0.25, 0.3) is 0 Å². The number of nitro groups is 1. The fraction of sp³-hybridized carbons (Fsp3) is 0.333. The van der Waals surface area contributed by atoms with Gasteiger partial charge in [0.15, 0.2) is 0 Å². The zero-order valence-electron chi connectivity index (χ0n) is 9.26. The van der Waals surface area contributed by atoms with Crippen molar-refractivity contribution in [3.8, 4) is 0 Å². The predicted molar refractivity (Wildman–Crippen MR) is 66.9 cm³/mol. The molecule has 0 radical (unpaired) electrons. The molecular formula is C12H15NO2S. The molecule has 0 bridgehead atoms. The van der Waals surface area contributed by atoms with E-state index in [0.29, 0.717) is 0 Å². The zero-order chi connectivity index (χ0) is 11.8.